The molecule has 2 aliphatic rings. The molecule has 0 spiro atoms. The molecule has 0 aliphatic carbocycles. The molecule has 170 valence electrons. The predicted octanol–water partition coefficient (Wildman–Crippen LogP) is 3.77. The van der Waals surface area contributed by atoms with E-state index in [2.05, 4.69) is 10.2 Å². The number of likely N-dealkylation sites (tertiary alicyclic amines) is 1. The molecule has 0 bridgehead atoms. The highest BCUT2D eigenvalue weighted by molar-refractivity contribution is 5.95. The SMILES string of the molecule is COc1ccc(C(CNC(=O)c2ccc(N3CCCC3)c([N+](=O)[O-])c2)N2CCCC2)cc1. The van der Waals surface area contributed by atoms with Crippen molar-refractivity contribution in [1.82, 2.24) is 10.2 Å². The van der Waals surface area contributed by atoms with Gasteiger partial charge < -0.3 is 15.0 Å². The van der Waals surface area contributed by atoms with Crippen LogP contribution in [0.1, 0.15) is 47.6 Å². The molecule has 2 aromatic rings. The number of amides is 1. The van der Waals surface area contributed by atoms with Crippen LogP contribution >= 0.6 is 0 Å². The van der Waals surface area contributed by atoms with Gasteiger partial charge in [0.05, 0.1) is 18.1 Å². The summed E-state index contributed by atoms with van der Waals surface area (Å²) in [5, 5.41) is 14.7. The summed E-state index contributed by atoms with van der Waals surface area (Å²) in [5.74, 6) is 0.502. The second-order valence-corrected chi connectivity index (χ2v) is 8.40. The number of hydrogen-bond acceptors (Lipinski definition) is 6. The lowest BCUT2D eigenvalue weighted by atomic mass is 10.0. The van der Waals surface area contributed by atoms with E-state index < -0.39 is 4.92 Å². The Morgan fingerprint density at radius 2 is 1.72 bits per heavy atom. The number of nitro benzene ring substituents is 1. The fourth-order valence-electron chi connectivity index (χ4n) is 4.66. The number of anilines is 1. The highest BCUT2D eigenvalue weighted by Gasteiger charge is 2.26. The quantitative estimate of drug-likeness (QED) is 0.499. The number of methoxy groups -OCH3 is 1. The summed E-state index contributed by atoms with van der Waals surface area (Å²) in [7, 11) is 1.64. The van der Waals surface area contributed by atoms with Gasteiger partial charge in [-0.1, -0.05) is 12.1 Å². The Labute approximate surface area is 188 Å². The Morgan fingerprint density at radius 1 is 1.06 bits per heavy atom. The molecule has 0 saturated carbocycles. The van der Waals surface area contributed by atoms with E-state index in [0.717, 1.165) is 63.2 Å². The third kappa shape index (κ3) is 4.85. The molecule has 8 heteroatoms. The van der Waals surface area contributed by atoms with Crippen LogP contribution in [0, 0.1) is 10.1 Å². The molecule has 32 heavy (non-hydrogen) atoms. The minimum absolute atomic E-state index is 0.00852. The number of rotatable bonds is 8. The van der Waals surface area contributed by atoms with E-state index in [-0.39, 0.29) is 17.6 Å². The number of nitrogens with one attached hydrogen (secondary N) is 1. The largest absolute Gasteiger partial charge is 0.497 e. The lowest BCUT2D eigenvalue weighted by molar-refractivity contribution is -0.384. The van der Waals surface area contributed by atoms with Gasteiger partial charge in [-0.2, -0.15) is 0 Å². The van der Waals surface area contributed by atoms with Gasteiger partial charge in [0.25, 0.3) is 11.6 Å². The normalized spacial score (nSPS) is 17.3. The molecule has 8 nitrogen and oxygen atoms in total. The van der Waals surface area contributed by atoms with Gasteiger partial charge in [0.15, 0.2) is 0 Å². The minimum Gasteiger partial charge on any atom is -0.497 e. The third-order valence-electron chi connectivity index (χ3n) is 6.42. The Kier molecular flexibility index (Phi) is 6.90. The lowest BCUT2D eigenvalue weighted by Crippen LogP contribution is -2.36. The first kappa shape index (κ1) is 22.1. The zero-order chi connectivity index (χ0) is 22.5. The maximum Gasteiger partial charge on any atom is 0.293 e. The summed E-state index contributed by atoms with van der Waals surface area (Å²) in [6.07, 6.45) is 4.35. The molecule has 0 radical (unpaired) electrons. The lowest BCUT2D eigenvalue weighted by Gasteiger charge is -2.28. The van der Waals surface area contributed by atoms with E-state index in [0.29, 0.717) is 17.8 Å². The minimum atomic E-state index is -0.394. The Balaban J connectivity index is 1.49. The summed E-state index contributed by atoms with van der Waals surface area (Å²) >= 11 is 0. The molecule has 2 aromatic carbocycles. The molecular weight excluding hydrogens is 408 g/mol. The molecule has 2 saturated heterocycles. The van der Waals surface area contributed by atoms with E-state index in [1.165, 1.54) is 6.07 Å². The van der Waals surface area contributed by atoms with E-state index in [1.54, 1.807) is 19.2 Å². The summed E-state index contributed by atoms with van der Waals surface area (Å²) in [6, 6.07) is 12.8. The van der Waals surface area contributed by atoms with Crippen LogP contribution in [0.2, 0.25) is 0 Å². The fourth-order valence-corrected chi connectivity index (χ4v) is 4.66. The van der Waals surface area contributed by atoms with Crippen LogP contribution in [0.5, 0.6) is 5.75 Å². The molecule has 1 N–H and O–H groups in total. The van der Waals surface area contributed by atoms with Gasteiger partial charge in [-0.15, -0.1) is 0 Å². The van der Waals surface area contributed by atoms with Crippen LogP contribution < -0.4 is 15.0 Å². The van der Waals surface area contributed by atoms with Crippen molar-refractivity contribution in [2.24, 2.45) is 0 Å². The van der Waals surface area contributed by atoms with Crippen LogP contribution in [0.25, 0.3) is 0 Å². The number of hydrogen-bond donors (Lipinski definition) is 1. The molecule has 1 atom stereocenters. The standard InChI is InChI=1S/C24H30N4O4/c1-32-20-9-6-18(7-10-20)23(27-14-4-5-15-27)17-25-24(29)19-8-11-21(22(16-19)28(30)31)26-12-2-3-13-26/h6-11,16,23H,2-5,12-15,17H2,1H3,(H,25,29). The Morgan fingerprint density at radius 3 is 2.34 bits per heavy atom. The topological polar surface area (TPSA) is 87.9 Å². The van der Waals surface area contributed by atoms with Crippen molar-refractivity contribution < 1.29 is 14.5 Å². The molecule has 1 unspecified atom stereocenters. The first-order chi connectivity index (χ1) is 15.6. The number of nitro groups is 1. The highest BCUT2D eigenvalue weighted by Crippen LogP contribution is 2.32. The summed E-state index contributed by atoms with van der Waals surface area (Å²) in [6.45, 7) is 4.04. The van der Waals surface area contributed by atoms with Crippen molar-refractivity contribution in [2.45, 2.75) is 31.7 Å². The molecule has 1 amide bonds. The monoisotopic (exact) mass is 438 g/mol. The second-order valence-electron chi connectivity index (χ2n) is 8.40. The predicted molar refractivity (Wildman–Crippen MR) is 123 cm³/mol. The average Bonchev–Trinajstić information content (AvgIpc) is 3.54. The zero-order valence-corrected chi connectivity index (χ0v) is 18.5. The maximum absolute atomic E-state index is 12.9. The van der Waals surface area contributed by atoms with Crippen LogP contribution in [-0.4, -0.2) is 55.6 Å². The maximum atomic E-state index is 12.9. The van der Waals surface area contributed by atoms with Gasteiger partial charge >= 0.3 is 0 Å². The molecule has 2 heterocycles. The fraction of sp³-hybridized carbons (Fsp3) is 0.458. The van der Waals surface area contributed by atoms with Crippen LogP contribution in [0.15, 0.2) is 42.5 Å². The second kappa shape index (κ2) is 9.99. The Bertz CT molecular complexity index is 951. The number of carbonyl (C=O) groups is 1. The molecule has 2 fully saturated rings. The van der Waals surface area contributed by atoms with Crippen LogP contribution in [-0.2, 0) is 0 Å². The van der Waals surface area contributed by atoms with Gasteiger partial charge in [-0.3, -0.25) is 19.8 Å². The molecule has 4 rings (SSSR count). The first-order valence-corrected chi connectivity index (χ1v) is 11.3. The van der Waals surface area contributed by atoms with Gasteiger partial charge in [0, 0.05) is 31.3 Å². The van der Waals surface area contributed by atoms with Crippen molar-refractivity contribution in [2.75, 3.05) is 44.7 Å². The van der Waals surface area contributed by atoms with Crippen molar-refractivity contribution >= 4 is 17.3 Å². The van der Waals surface area contributed by atoms with E-state index in [1.807, 2.05) is 29.2 Å². The van der Waals surface area contributed by atoms with Crippen LogP contribution in [0.3, 0.4) is 0 Å². The summed E-state index contributed by atoms with van der Waals surface area (Å²) < 4.78 is 5.27. The van der Waals surface area contributed by atoms with Gasteiger partial charge in [0.1, 0.15) is 11.4 Å². The van der Waals surface area contributed by atoms with Gasteiger partial charge in [-0.05, 0) is 68.6 Å². The van der Waals surface area contributed by atoms with Crippen molar-refractivity contribution in [3.63, 3.8) is 0 Å². The molecular formula is C24H30N4O4. The number of carbonyl (C=O) groups excluding carboxylic acids is 1. The van der Waals surface area contributed by atoms with E-state index in [4.69, 9.17) is 4.74 Å². The summed E-state index contributed by atoms with van der Waals surface area (Å²) in [4.78, 5) is 28.6. The average molecular weight is 439 g/mol. The van der Waals surface area contributed by atoms with Crippen LogP contribution in [0.4, 0.5) is 11.4 Å². The number of nitrogens with zero attached hydrogens (tertiary/aromatic N) is 3. The first-order valence-electron chi connectivity index (χ1n) is 11.3. The van der Waals surface area contributed by atoms with Crippen molar-refractivity contribution in [3.8, 4) is 5.75 Å². The van der Waals surface area contributed by atoms with Gasteiger partial charge in [0.2, 0.25) is 0 Å². The van der Waals surface area contributed by atoms with Crippen molar-refractivity contribution in [1.29, 1.82) is 0 Å². The molecule has 0 aromatic heterocycles. The molecule has 2 aliphatic heterocycles. The Hall–Kier alpha value is -3.13. The number of ether oxygens (including phenoxy) is 1. The number of benzene rings is 2. The smallest absolute Gasteiger partial charge is 0.293 e. The third-order valence-corrected chi connectivity index (χ3v) is 6.42. The van der Waals surface area contributed by atoms with E-state index in [9.17, 15) is 14.9 Å². The highest BCUT2D eigenvalue weighted by atomic mass is 16.6. The summed E-state index contributed by atoms with van der Waals surface area (Å²) in [5.41, 5.74) is 2.01. The van der Waals surface area contributed by atoms with Gasteiger partial charge in [-0.25, -0.2) is 0 Å². The zero-order valence-electron chi connectivity index (χ0n) is 18.5. The van der Waals surface area contributed by atoms with Crippen molar-refractivity contribution in [3.05, 3.63) is 63.7 Å². The van der Waals surface area contributed by atoms with E-state index >= 15 is 0 Å².